The summed E-state index contributed by atoms with van der Waals surface area (Å²) in [6.45, 7) is 0. The molecule has 7 heteroatoms. The van der Waals surface area contributed by atoms with E-state index in [0.717, 1.165) is 12.8 Å². The highest BCUT2D eigenvalue weighted by atomic mass is 32.2. The van der Waals surface area contributed by atoms with E-state index in [9.17, 15) is 17.6 Å². The summed E-state index contributed by atoms with van der Waals surface area (Å²) in [5.74, 6) is 0.312. The van der Waals surface area contributed by atoms with Crippen molar-refractivity contribution in [1.82, 2.24) is 5.32 Å². The van der Waals surface area contributed by atoms with Crippen LogP contribution in [0.25, 0.3) is 0 Å². The van der Waals surface area contributed by atoms with E-state index >= 15 is 0 Å². The highest BCUT2D eigenvalue weighted by Gasteiger charge is 2.40. The molecule has 2 aliphatic carbocycles. The highest BCUT2D eigenvalue weighted by molar-refractivity contribution is 7.92. The van der Waals surface area contributed by atoms with Gasteiger partial charge in [-0.2, -0.15) is 0 Å². The number of halogens is 1. The first kappa shape index (κ1) is 18.0. The molecule has 2 bridgehead atoms. The van der Waals surface area contributed by atoms with Crippen LogP contribution in [-0.2, 0) is 10.0 Å². The molecular weight excluding hydrogens is 367 g/mol. The van der Waals surface area contributed by atoms with Crippen LogP contribution in [0.3, 0.4) is 0 Å². The zero-order chi connectivity index (χ0) is 19.0. The predicted octanol–water partition coefficient (Wildman–Crippen LogP) is 3.54. The summed E-state index contributed by atoms with van der Waals surface area (Å²) in [5.41, 5.74) is 0.156. The molecule has 2 fully saturated rings. The third-order valence-corrected chi connectivity index (χ3v) is 6.94. The maximum absolute atomic E-state index is 13.8. The largest absolute Gasteiger partial charge is 0.349 e. The number of carbonyl (C=O) groups is 1. The Morgan fingerprint density at radius 2 is 1.85 bits per heavy atom. The average Bonchev–Trinajstić information content (AvgIpc) is 3.27. The minimum Gasteiger partial charge on any atom is -0.349 e. The van der Waals surface area contributed by atoms with E-state index in [-0.39, 0.29) is 28.1 Å². The van der Waals surface area contributed by atoms with E-state index in [1.54, 1.807) is 12.1 Å². The van der Waals surface area contributed by atoms with Crippen molar-refractivity contribution in [3.05, 3.63) is 59.9 Å². The van der Waals surface area contributed by atoms with E-state index in [1.165, 1.54) is 49.2 Å². The zero-order valence-electron chi connectivity index (χ0n) is 14.7. The number of rotatable bonds is 5. The molecule has 1 amide bonds. The van der Waals surface area contributed by atoms with Gasteiger partial charge in [0.15, 0.2) is 0 Å². The van der Waals surface area contributed by atoms with Gasteiger partial charge >= 0.3 is 0 Å². The number of sulfonamides is 1. The van der Waals surface area contributed by atoms with Gasteiger partial charge in [0.25, 0.3) is 15.9 Å². The summed E-state index contributed by atoms with van der Waals surface area (Å²) in [5, 5.41) is 3.05. The summed E-state index contributed by atoms with van der Waals surface area (Å²) in [6.07, 6.45) is 4.57. The molecule has 4 rings (SSSR count). The summed E-state index contributed by atoms with van der Waals surface area (Å²) in [7, 11) is -4.00. The van der Waals surface area contributed by atoms with Crippen LogP contribution in [0.5, 0.6) is 0 Å². The molecule has 0 aliphatic heterocycles. The molecule has 0 heterocycles. The van der Waals surface area contributed by atoms with Gasteiger partial charge in [-0.05, 0) is 61.4 Å². The van der Waals surface area contributed by atoms with Crippen LogP contribution in [-0.4, -0.2) is 20.4 Å². The number of amides is 1. The lowest BCUT2D eigenvalue weighted by Crippen LogP contribution is -2.38. The lowest BCUT2D eigenvalue weighted by atomic mass is 9.95. The second kappa shape index (κ2) is 6.96. The third kappa shape index (κ3) is 3.69. The second-order valence-electron chi connectivity index (χ2n) is 7.37. The van der Waals surface area contributed by atoms with Crippen LogP contribution in [0.1, 0.15) is 36.0 Å². The van der Waals surface area contributed by atoms with Crippen LogP contribution in [0.15, 0.2) is 53.4 Å². The van der Waals surface area contributed by atoms with Gasteiger partial charge in [0.1, 0.15) is 5.82 Å². The van der Waals surface area contributed by atoms with Crippen molar-refractivity contribution in [2.45, 2.75) is 36.6 Å². The summed E-state index contributed by atoms with van der Waals surface area (Å²) >= 11 is 0. The van der Waals surface area contributed by atoms with Crippen molar-refractivity contribution in [2.75, 3.05) is 4.72 Å². The normalized spacial score (nSPS) is 24.0. The second-order valence-corrected chi connectivity index (χ2v) is 9.05. The van der Waals surface area contributed by atoms with E-state index in [0.29, 0.717) is 11.8 Å². The number of para-hydroxylation sites is 1. The van der Waals surface area contributed by atoms with Crippen molar-refractivity contribution in [3.8, 4) is 0 Å². The lowest BCUT2D eigenvalue weighted by Gasteiger charge is -2.23. The standard InChI is InChI=1S/C20H21FN2O3S/c21-17-6-1-2-7-18(17)23-27(25,26)16-5-3-4-15(12-16)20(24)22-19-11-13-8-9-14(19)10-13/h1-7,12-14,19,23H,8-11H2,(H,22,24)/t13-,14+,19-/m0/s1. The lowest BCUT2D eigenvalue weighted by molar-refractivity contribution is 0.0922. The number of benzene rings is 2. The number of hydrogen-bond acceptors (Lipinski definition) is 3. The van der Waals surface area contributed by atoms with Crippen molar-refractivity contribution in [1.29, 1.82) is 0 Å². The van der Waals surface area contributed by atoms with E-state index in [2.05, 4.69) is 10.0 Å². The first-order chi connectivity index (χ1) is 12.9. The number of hydrogen-bond donors (Lipinski definition) is 2. The van der Waals surface area contributed by atoms with Crippen LogP contribution < -0.4 is 10.0 Å². The molecule has 2 saturated carbocycles. The fraction of sp³-hybridized carbons (Fsp3) is 0.350. The number of fused-ring (bicyclic) bond motifs is 2. The molecule has 2 aliphatic rings. The molecule has 0 radical (unpaired) electrons. The first-order valence-corrected chi connectivity index (χ1v) is 10.6. The van der Waals surface area contributed by atoms with E-state index in [1.807, 2.05) is 0 Å². The maximum Gasteiger partial charge on any atom is 0.262 e. The van der Waals surface area contributed by atoms with Gasteiger partial charge in [0.05, 0.1) is 10.6 Å². The Kier molecular flexibility index (Phi) is 4.63. The summed E-state index contributed by atoms with van der Waals surface area (Å²) in [4.78, 5) is 12.5. The van der Waals surface area contributed by atoms with Gasteiger partial charge in [-0.25, -0.2) is 12.8 Å². The van der Waals surface area contributed by atoms with Crippen LogP contribution in [0, 0.1) is 17.7 Å². The summed E-state index contributed by atoms with van der Waals surface area (Å²) in [6, 6.07) is 11.5. The number of carbonyl (C=O) groups excluding carboxylic acids is 1. The predicted molar refractivity (Wildman–Crippen MR) is 100 cm³/mol. The quantitative estimate of drug-likeness (QED) is 0.823. The molecule has 27 heavy (non-hydrogen) atoms. The van der Waals surface area contributed by atoms with Gasteiger partial charge in [-0.15, -0.1) is 0 Å². The van der Waals surface area contributed by atoms with Gasteiger partial charge in [-0.1, -0.05) is 24.6 Å². The smallest absolute Gasteiger partial charge is 0.262 e. The van der Waals surface area contributed by atoms with E-state index in [4.69, 9.17) is 0 Å². The molecule has 2 N–H and O–H groups in total. The Morgan fingerprint density at radius 1 is 1.04 bits per heavy atom. The van der Waals surface area contributed by atoms with E-state index < -0.39 is 15.8 Å². The molecule has 0 unspecified atom stereocenters. The Balaban J connectivity index is 1.51. The van der Waals surface area contributed by atoms with Crippen LogP contribution in [0.2, 0.25) is 0 Å². The fourth-order valence-electron chi connectivity index (χ4n) is 4.23. The molecule has 0 saturated heterocycles. The highest BCUT2D eigenvalue weighted by Crippen LogP contribution is 2.44. The molecular formula is C20H21FN2O3S. The van der Waals surface area contributed by atoms with Gasteiger partial charge in [0, 0.05) is 11.6 Å². The molecule has 0 spiro atoms. The summed E-state index contributed by atoms with van der Waals surface area (Å²) < 4.78 is 41.1. The first-order valence-electron chi connectivity index (χ1n) is 9.10. The van der Waals surface area contributed by atoms with Crippen LogP contribution in [0.4, 0.5) is 10.1 Å². The molecule has 3 atom stereocenters. The Labute approximate surface area is 158 Å². The van der Waals surface area contributed by atoms with Crippen molar-refractivity contribution < 1.29 is 17.6 Å². The monoisotopic (exact) mass is 388 g/mol. The molecule has 2 aromatic carbocycles. The fourth-order valence-corrected chi connectivity index (χ4v) is 5.34. The minimum absolute atomic E-state index is 0.0775. The Bertz CT molecular complexity index is 977. The molecule has 142 valence electrons. The van der Waals surface area contributed by atoms with Crippen molar-refractivity contribution in [3.63, 3.8) is 0 Å². The third-order valence-electron chi connectivity index (χ3n) is 5.58. The van der Waals surface area contributed by atoms with Crippen molar-refractivity contribution in [2.24, 2.45) is 11.8 Å². The topological polar surface area (TPSA) is 75.3 Å². The zero-order valence-corrected chi connectivity index (χ0v) is 15.5. The van der Waals surface area contributed by atoms with Gasteiger partial charge in [0.2, 0.25) is 0 Å². The Hall–Kier alpha value is -2.41. The van der Waals surface area contributed by atoms with Crippen molar-refractivity contribution >= 4 is 21.6 Å². The average molecular weight is 388 g/mol. The van der Waals surface area contributed by atoms with Gasteiger partial charge in [-0.3, -0.25) is 9.52 Å². The minimum atomic E-state index is -4.00. The van der Waals surface area contributed by atoms with Gasteiger partial charge < -0.3 is 5.32 Å². The molecule has 2 aromatic rings. The van der Waals surface area contributed by atoms with Crippen LogP contribution >= 0.6 is 0 Å². The Morgan fingerprint density at radius 3 is 2.56 bits per heavy atom. The SMILES string of the molecule is O=C(N[C@H]1C[C@H]2CC[C@@H]1C2)c1cccc(S(=O)(=O)Nc2ccccc2F)c1. The maximum atomic E-state index is 13.8. The number of nitrogens with one attached hydrogen (secondary N) is 2. The molecule has 0 aromatic heterocycles. The number of anilines is 1. The molecule has 5 nitrogen and oxygen atoms in total.